The first kappa shape index (κ1) is 9.44. The average Bonchev–Trinajstić information content (AvgIpc) is 2.02. The molecule has 1 rings (SSSR count). The van der Waals surface area contributed by atoms with Crippen molar-refractivity contribution in [3.63, 3.8) is 0 Å². The van der Waals surface area contributed by atoms with Crippen molar-refractivity contribution in [2.24, 2.45) is 0 Å². The molecule has 5 heteroatoms. The molecule has 13 heavy (non-hydrogen) atoms. The van der Waals surface area contributed by atoms with Gasteiger partial charge >= 0.3 is 5.97 Å². The van der Waals surface area contributed by atoms with Crippen LogP contribution in [0.4, 0.5) is 4.39 Å². The molecule has 0 radical (unpaired) electrons. The van der Waals surface area contributed by atoms with Gasteiger partial charge in [0, 0.05) is 17.8 Å². The second kappa shape index (κ2) is 3.84. The Morgan fingerprint density at radius 1 is 1.62 bits per heavy atom. The maximum atomic E-state index is 12.6. The van der Waals surface area contributed by atoms with Gasteiger partial charge in [0.05, 0.1) is 13.5 Å². The molecule has 1 heterocycles. The molecule has 0 aliphatic heterocycles. The van der Waals surface area contributed by atoms with Crippen LogP contribution in [0.3, 0.4) is 0 Å². The quantitative estimate of drug-likeness (QED) is 0.530. The number of pyridine rings is 1. The molecule has 1 N–H and O–H groups in total. The van der Waals surface area contributed by atoms with Crippen LogP contribution in [0.25, 0.3) is 0 Å². The molecule has 1 aromatic rings. The van der Waals surface area contributed by atoms with E-state index in [1.165, 1.54) is 7.11 Å². The van der Waals surface area contributed by atoms with Gasteiger partial charge in [0.1, 0.15) is 0 Å². The summed E-state index contributed by atoms with van der Waals surface area (Å²) in [6.07, 6.45) is -0.135. The lowest BCUT2D eigenvalue weighted by Gasteiger charge is -1.99. The lowest BCUT2D eigenvalue weighted by molar-refractivity contribution is -0.139. The molecule has 0 amide bonds. The SMILES string of the molecule is COC(=O)Cc1cc(=O)cc(F)[nH]1. The second-order valence-corrected chi connectivity index (χ2v) is 2.44. The summed E-state index contributed by atoms with van der Waals surface area (Å²) in [6, 6.07) is 1.96. The van der Waals surface area contributed by atoms with Crippen molar-refractivity contribution in [1.29, 1.82) is 0 Å². The van der Waals surface area contributed by atoms with Crippen LogP contribution < -0.4 is 5.43 Å². The highest BCUT2D eigenvalue weighted by Gasteiger charge is 2.04. The molecular formula is C8H8FNO3. The van der Waals surface area contributed by atoms with Gasteiger partial charge in [-0.15, -0.1) is 0 Å². The van der Waals surface area contributed by atoms with Gasteiger partial charge in [-0.1, -0.05) is 0 Å². The topological polar surface area (TPSA) is 59.2 Å². The summed E-state index contributed by atoms with van der Waals surface area (Å²) in [7, 11) is 1.22. The first-order chi connectivity index (χ1) is 6.11. The Morgan fingerprint density at radius 3 is 2.85 bits per heavy atom. The van der Waals surface area contributed by atoms with Crippen molar-refractivity contribution in [3.8, 4) is 0 Å². The molecule has 0 saturated carbocycles. The summed E-state index contributed by atoms with van der Waals surface area (Å²) >= 11 is 0. The molecule has 0 atom stereocenters. The van der Waals surface area contributed by atoms with E-state index in [1.807, 2.05) is 0 Å². The summed E-state index contributed by atoms with van der Waals surface area (Å²) in [5.74, 6) is -1.28. The van der Waals surface area contributed by atoms with Crippen molar-refractivity contribution in [2.45, 2.75) is 6.42 Å². The molecule has 1 aromatic heterocycles. The minimum Gasteiger partial charge on any atom is -0.469 e. The smallest absolute Gasteiger partial charge is 0.311 e. The van der Waals surface area contributed by atoms with Crippen LogP contribution >= 0.6 is 0 Å². The fraction of sp³-hybridized carbons (Fsp3) is 0.250. The van der Waals surface area contributed by atoms with Gasteiger partial charge in [0.15, 0.2) is 11.4 Å². The molecule has 0 aliphatic rings. The number of H-pyrrole nitrogens is 1. The number of esters is 1. The molecule has 0 spiro atoms. The normalized spacial score (nSPS) is 9.69. The van der Waals surface area contributed by atoms with E-state index in [-0.39, 0.29) is 12.1 Å². The van der Waals surface area contributed by atoms with E-state index in [4.69, 9.17) is 0 Å². The Morgan fingerprint density at radius 2 is 2.31 bits per heavy atom. The molecule has 0 fully saturated rings. The largest absolute Gasteiger partial charge is 0.469 e. The summed E-state index contributed by atoms with van der Waals surface area (Å²) < 4.78 is 16.9. The fourth-order valence-electron chi connectivity index (χ4n) is 0.887. The van der Waals surface area contributed by atoms with Gasteiger partial charge < -0.3 is 9.72 Å². The van der Waals surface area contributed by atoms with Gasteiger partial charge in [-0.3, -0.25) is 9.59 Å². The molecule has 0 bridgehead atoms. The summed E-state index contributed by atoms with van der Waals surface area (Å²) in [5, 5.41) is 0. The maximum Gasteiger partial charge on any atom is 0.311 e. The first-order valence-electron chi connectivity index (χ1n) is 3.57. The molecule has 0 aliphatic carbocycles. The number of methoxy groups -OCH3 is 1. The zero-order chi connectivity index (χ0) is 9.84. The molecule has 70 valence electrons. The van der Waals surface area contributed by atoms with Crippen LogP contribution in [-0.4, -0.2) is 18.1 Å². The number of halogens is 1. The monoisotopic (exact) mass is 185 g/mol. The van der Waals surface area contributed by atoms with E-state index >= 15 is 0 Å². The van der Waals surface area contributed by atoms with E-state index < -0.39 is 17.3 Å². The highest BCUT2D eigenvalue weighted by Crippen LogP contribution is 1.95. The first-order valence-corrected chi connectivity index (χ1v) is 3.57. The van der Waals surface area contributed by atoms with Gasteiger partial charge in [-0.25, -0.2) is 0 Å². The number of hydrogen-bond acceptors (Lipinski definition) is 3. The van der Waals surface area contributed by atoms with E-state index in [2.05, 4.69) is 9.72 Å². The molecule has 0 aromatic carbocycles. The predicted octanol–water partition coefficient (Wildman–Crippen LogP) is 0.229. The molecular weight excluding hydrogens is 177 g/mol. The highest BCUT2D eigenvalue weighted by atomic mass is 19.1. The lowest BCUT2D eigenvalue weighted by Crippen LogP contribution is -2.11. The van der Waals surface area contributed by atoms with Gasteiger partial charge in [0.2, 0.25) is 0 Å². The number of aromatic amines is 1. The van der Waals surface area contributed by atoms with Crippen LogP contribution in [0.5, 0.6) is 0 Å². The standard InChI is InChI=1S/C8H8FNO3/c1-13-8(12)3-5-2-6(11)4-7(9)10-5/h2,4H,3H2,1H3,(H,10,11). The summed E-state index contributed by atoms with van der Waals surface area (Å²) in [5.41, 5.74) is -0.271. The zero-order valence-corrected chi connectivity index (χ0v) is 6.96. The van der Waals surface area contributed by atoms with Crippen LogP contribution in [0.15, 0.2) is 16.9 Å². The Kier molecular flexibility index (Phi) is 2.79. The van der Waals surface area contributed by atoms with E-state index in [0.29, 0.717) is 0 Å². The molecule has 4 nitrogen and oxygen atoms in total. The Bertz CT molecular complexity index is 372. The fourth-order valence-corrected chi connectivity index (χ4v) is 0.887. The average molecular weight is 185 g/mol. The van der Waals surface area contributed by atoms with Crippen molar-refractivity contribution in [2.75, 3.05) is 7.11 Å². The highest BCUT2D eigenvalue weighted by molar-refractivity contribution is 5.71. The van der Waals surface area contributed by atoms with Crippen LogP contribution in [0.2, 0.25) is 0 Å². The zero-order valence-electron chi connectivity index (χ0n) is 6.96. The van der Waals surface area contributed by atoms with E-state index in [9.17, 15) is 14.0 Å². The third-order valence-electron chi connectivity index (χ3n) is 1.43. The van der Waals surface area contributed by atoms with Crippen LogP contribution in [0.1, 0.15) is 5.69 Å². The summed E-state index contributed by atoms with van der Waals surface area (Å²) in [6.45, 7) is 0. The molecule has 0 unspecified atom stereocenters. The van der Waals surface area contributed by atoms with E-state index in [0.717, 1.165) is 12.1 Å². The second-order valence-electron chi connectivity index (χ2n) is 2.44. The third-order valence-corrected chi connectivity index (χ3v) is 1.43. The number of carbonyl (C=O) groups excluding carboxylic acids is 1. The predicted molar refractivity (Wildman–Crippen MR) is 42.7 cm³/mol. The Balaban J connectivity index is 2.89. The van der Waals surface area contributed by atoms with Crippen LogP contribution in [-0.2, 0) is 16.0 Å². The number of rotatable bonds is 2. The van der Waals surface area contributed by atoms with Gasteiger partial charge in [-0.05, 0) is 0 Å². The Labute approximate surface area is 73.3 Å². The van der Waals surface area contributed by atoms with Gasteiger partial charge in [-0.2, -0.15) is 4.39 Å². The summed E-state index contributed by atoms with van der Waals surface area (Å²) in [4.78, 5) is 23.8. The maximum absolute atomic E-state index is 12.6. The number of carbonyl (C=O) groups is 1. The lowest BCUT2D eigenvalue weighted by atomic mass is 10.3. The number of hydrogen-bond donors (Lipinski definition) is 1. The number of aromatic nitrogens is 1. The molecule has 0 saturated heterocycles. The number of ether oxygens (including phenoxy) is 1. The van der Waals surface area contributed by atoms with Crippen molar-refractivity contribution < 1.29 is 13.9 Å². The minimum atomic E-state index is -0.758. The van der Waals surface area contributed by atoms with E-state index in [1.54, 1.807) is 0 Å². The van der Waals surface area contributed by atoms with Crippen molar-refractivity contribution in [1.82, 2.24) is 4.98 Å². The van der Waals surface area contributed by atoms with Crippen LogP contribution in [0, 0.1) is 5.95 Å². The minimum absolute atomic E-state index is 0.135. The Hall–Kier alpha value is -1.65. The van der Waals surface area contributed by atoms with Gasteiger partial charge in [0.25, 0.3) is 0 Å². The van der Waals surface area contributed by atoms with Crippen molar-refractivity contribution in [3.05, 3.63) is 34.0 Å². The van der Waals surface area contributed by atoms with Crippen molar-refractivity contribution >= 4 is 5.97 Å². The number of nitrogens with one attached hydrogen (secondary N) is 1. The third kappa shape index (κ3) is 2.70.